The van der Waals surface area contributed by atoms with E-state index < -0.39 is 0 Å². The van der Waals surface area contributed by atoms with Gasteiger partial charge in [-0.2, -0.15) is 0 Å². The molecule has 0 bridgehead atoms. The highest BCUT2D eigenvalue weighted by molar-refractivity contribution is 7.26. The maximum atomic E-state index is 7.19. The third kappa shape index (κ3) is 8.16. The highest BCUT2D eigenvalue weighted by Crippen LogP contribution is 2.53. The summed E-state index contributed by atoms with van der Waals surface area (Å²) in [6, 6.07) is 111. The van der Waals surface area contributed by atoms with Gasteiger partial charge in [-0.05, 0) is 200 Å². The summed E-state index contributed by atoms with van der Waals surface area (Å²) in [5.74, 6) is 0. The van der Waals surface area contributed by atoms with Crippen molar-refractivity contribution in [3.05, 3.63) is 314 Å². The predicted octanol–water partition coefficient (Wildman–Crippen LogP) is 28.2. The van der Waals surface area contributed by atoms with Gasteiger partial charge in [0.15, 0.2) is 0 Å². The standard InChI is InChI=1S/C93H56N2O3S2/c1-93(2)79-24-10-8-21-69(79)70-38-30-61(49-80(70)93)95(62-31-39-72-71-22-9-11-25-81(71)96-82(72)50-62)64-33-41-78-86(52-64)100-84-45-43-76-74-37-29-58-47-55(28-35-68(58)90(74)98-92(76)88(78)84)54-27-34-66-56(46-54)16-13-23-65(66)57-15-12-19-60(48-57)94(59-17-4-3-5-18-59)63-32-40-77-85(51-63)99-83-44-42-75-73-36-26-53-14-6-7-20-67(53)89(73)97-91(75)87(77)83/h3-52H,1-2H3. The van der Waals surface area contributed by atoms with Gasteiger partial charge in [0.25, 0.3) is 0 Å². The lowest BCUT2D eigenvalue weighted by Gasteiger charge is -2.28. The molecule has 5 heterocycles. The Hall–Kier alpha value is -12.3. The molecule has 5 nitrogen and oxygen atoms in total. The van der Waals surface area contributed by atoms with Crippen molar-refractivity contribution in [1.82, 2.24) is 0 Å². The van der Waals surface area contributed by atoms with Crippen molar-refractivity contribution in [2.24, 2.45) is 0 Å². The van der Waals surface area contributed by atoms with E-state index in [1.54, 1.807) is 0 Å². The van der Waals surface area contributed by atoms with E-state index in [-0.39, 0.29) is 5.41 Å². The van der Waals surface area contributed by atoms with Crippen LogP contribution < -0.4 is 9.80 Å². The van der Waals surface area contributed by atoms with E-state index in [0.29, 0.717) is 0 Å². The second-order valence-electron chi connectivity index (χ2n) is 27.4. The summed E-state index contributed by atoms with van der Waals surface area (Å²) in [7, 11) is 0. The number of fused-ring (bicyclic) bond motifs is 25. The van der Waals surface area contributed by atoms with Crippen molar-refractivity contribution < 1.29 is 13.3 Å². The van der Waals surface area contributed by atoms with E-state index in [1.807, 2.05) is 28.7 Å². The minimum Gasteiger partial charge on any atom is -0.456 e. The van der Waals surface area contributed by atoms with Crippen LogP contribution in [0.25, 0.3) is 172 Å². The molecule has 1 aliphatic rings. The number of para-hydroxylation sites is 2. The molecule has 1 aliphatic carbocycles. The Morgan fingerprint density at radius 3 is 1.47 bits per heavy atom. The molecule has 0 N–H and O–H groups in total. The van der Waals surface area contributed by atoms with Gasteiger partial charge in [0, 0.05) is 129 Å². The third-order valence-corrected chi connectivity index (χ3v) is 23.8. The third-order valence-electron chi connectivity index (χ3n) is 21.6. The molecule has 0 spiro atoms. The molecule has 0 fully saturated rings. The Labute approximate surface area is 581 Å². The highest BCUT2D eigenvalue weighted by atomic mass is 32.1. The Kier molecular flexibility index (Phi) is 11.7. The molecule has 0 atom stereocenters. The summed E-state index contributed by atoms with van der Waals surface area (Å²) in [4.78, 5) is 4.78. The lowest BCUT2D eigenvalue weighted by molar-refractivity contribution is 0.660. The van der Waals surface area contributed by atoms with E-state index in [9.17, 15) is 0 Å². The Morgan fingerprint density at radius 1 is 0.250 bits per heavy atom. The maximum absolute atomic E-state index is 7.19. The lowest BCUT2D eigenvalue weighted by atomic mass is 9.82. The summed E-state index contributed by atoms with van der Waals surface area (Å²) in [6.07, 6.45) is 0. The fourth-order valence-electron chi connectivity index (χ4n) is 16.8. The number of rotatable bonds is 8. The van der Waals surface area contributed by atoms with Gasteiger partial charge in [0.05, 0.1) is 0 Å². The maximum Gasteiger partial charge on any atom is 0.144 e. The van der Waals surface area contributed by atoms with Crippen molar-refractivity contribution in [3.63, 3.8) is 0 Å². The molecule has 0 amide bonds. The molecular formula is C93H56N2O3S2. The van der Waals surface area contributed by atoms with Gasteiger partial charge in [-0.25, -0.2) is 0 Å². The largest absolute Gasteiger partial charge is 0.456 e. The molecule has 0 radical (unpaired) electrons. The van der Waals surface area contributed by atoms with Gasteiger partial charge in [0.2, 0.25) is 0 Å². The first kappa shape index (κ1) is 55.8. The number of anilines is 6. The Morgan fingerprint density at radius 2 is 0.730 bits per heavy atom. The van der Waals surface area contributed by atoms with Crippen molar-refractivity contribution in [2.75, 3.05) is 9.80 Å². The van der Waals surface area contributed by atoms with Crippen molar-refractivity contribution in [1.29, 1.82) is 0 Å². The zero-order chi connectivity index (χ0) is 65.6. The van der Waals surface area contributed by atoms with Crippen LogP contribution in [0.3, 0.4) is 0 Å². The first-order valence-electron chi connectivity index (χ1n) is 34.2. The number of nitrogens with zero attached hydrogens (tertiary/aromatic N) is 2. The second kappa shape index (κ2) is 20.9. The number of benzene rings is 16. The molecule has 468 valence electrons. The van der Waals surface area contributed by atoms with Crippen molar-refractivity contribution in [3.8, 4) is 33.4 Å². The van der Waals surface area contributed by atoms with Crippen LogP contribution in [0.2, 0.25) is 0 Å². The number of furan rings is 3. The van der Waals surface area contributed by atoms with E-state index in [2.05, 4.69) is 321 Å². The van der Waals surface area contributed by atoms with Gasteiger partial charge in [0.1, 0.15) is 33.5 Å². The monoisotopic (exact) mass is 1310 g/mol. The summed E-state index contributed by atoms with van der Waals surface area (Å²) < 4.78 is 25.4. The van der Waals surface area contributed by atoms with Gasteiger partial charge < -0.3 is 23.1 Å². The van der Waals surface area contributed by atoms with Crippen LogP contribution >= 0.6 is 22.7 Å². The van der Waals surface area contributed by atoms with Gasteiger partial charge in [-0.1, -0.05) is 178 Å². The predicted molar refractivity (Wildman–Crippen MR) is 424 cm³/mol. The zero-order valence-electron chi connectivity index (χ0n) is 54.3. The van der Waals surface area contributed by atoms with Crippen LogP contribution in [0.5, 0.6) is 0 Å². The highest BCUT2D eigenvalue weighted by Gasteiger charge is 2.36. The Bertz CT molecular complexity index is 7100. The van der Waals surface area contributed by atoms with Gasteiger partial charge in [-0.15, -0.1) is 22.7 Å². The average molecular weight is 1310 g/mol. The van der Waals surface area contributed by atoms with Crippen LogP contribution in [-0.2, 0) is 5.41 Å². The van der Waals surface area contributed by atoms with Crippen LogP contribution in [-0.4, -0.2) is 0 Å². The minimum atomic E-state index is -0.157. The van der Waals surface area contributed by atoms with E-state index in [4.69, 9.17) is 13.3 Å². The summed E-state index contributed by atoms with van der Waals surface area (Å²) in [6.45, 7) is 4.70. The molecule has 21 aromatic rings. The van der Waals surface area contributed by atoms with Crippen LogP contribution in [0.15, 0.2) is 317 Å². The van der Waals surface area contributed by atoms with Gasteiger partial charge >= 0.3 is 0 Å². The molecule has 16 aromatic carbocycles. The number of hydrogen-bond donors (Lipinski definition) is 0. The normalized spacial score (nSPS) is 13.0. The average Bonchev–Trinajstić information content (AvgIpc) is 1.56. The smallest absolute Gasteiger partial charge is 0.144 e. The van der Waals surface area contributed by atoms with E-state index in [1.165, 1.54) is 78.9 Å². The quantitative estimate of drug-likeness (QED) is 0.152. The van der Waals surface area contributed by atoms with Crippen molar-refractivity contribution >= 4 is 195 Å². The molecule has 0 saturated carbocycles. The molecule has 22 rings (SSSR count). The number of hydrogen-bond acceptors (Lipinski definition) is 7. The molecule has 5 aromatic heterocycles. The van der Waals surface area contributed by atoms with E-state index in [0.717, 1.165) is 138 Å². The summed E-state index contributed by atoms with van der Waals surface area (Å²) in [5.41, 5.74) is 21.8. The molecule has 0 unspecified atom stereocenters. The van der Waals surface area contributed by atoms with Crippen molar-refractivity contribution in [2.45, 2.75) is 19.3 Å². The van der Waals surface area contributed by atoms with Crippen LogP contribution in [0, 0.1) is 0 Å². The molecule has 0 saturated heterocycles. The fraction of sp³-hybridized carbons (Fsp3) is 0.0323. The first-order chi connectivity index (χ1) is 49.3. The lowest BCUT2D eigenvalue weighted by Crippen LogP contribution is -2.16. The van der Waals surface area contributed by atoms with Crippen LogP contribution in [0.1, 0.15) is 25.0 Å². The first-order valence-corrected chi connectivity index (χ1v) is 35.8. The fourth-order valence-corrected chi connectivity index (χ4v) is 19.1. The summed E-state index contributed by atoms with van der Waals surface area (Å²) >= 11 is 3.64. The SMILES string of the molecule is CC1(C)c2ccccc2-c2ccc(N(c3ccc4c(c3)oc3ccccc34)c3ccc4c(c3)sc3ccc5c6ccc7cc(-c8ccc9c(-c%10cccc(N(c%11ccccc%11)c%11ccc%12c(c%11)sc%11ccc%13c%14ccc%15ccccc%15c%14oc%13c%11%12)c%10)cccc9c8)ccc7c6oc5c34)cc21. The van der Waals surface area contributed by atoms with E-state index >= 15 is 0 Å². The molecule has 7 heteroatoms. The molecule has 0 aliphatic heterocycles. The number of thiophene rings is 2. The molecular weight excluding hydrogens is 1260 g/mol. The van der Waals surface area contributed by atoms with Crippen LogP contribution in [0.4, 0.5) is 34.1 Å². The van der Waals surface area contributed by atoms with Gasteiger partial charge in [-0.3, -0.25) is 0 Å². The topological polar surface area (TPSA) is 45.9 Å². The Balaban J connectivity index is 0.596. The molecule has 100 heavy (non-hydrogen) atoms. The zero-order valence-corrected chi connectivity index (χ0v) is 55.9. The summed E-state index contributed by atoms with van der Waals surface area (Å²) in [5, 5.41) is 18.4. The second-order valence-corrected chi connectivity index (χ2v) is 29.6. The minimum absolute atomic E-state index is 0.157.